The first-order valence-electron chi connectivity index (χ1n) is 12.5. The van der Waals surface area contributed by atoms with Crippen LogP contribution in [-0.2, 0) is 20.7 Å². The van der Waals surface area contributed by atoms with Crippen molar-refractivity contribution >= 4 is 51.2 Å². The lowest BCUT2D eigenvalue weighted by Gasteiger charge is -2.37. The minimum atomic E-state index is -1.28. The molecule has 0 aromatic heterocycles. The number of hydrogen-bond donors (Lipinski definition) is 3. The second-order valence-corrected chi connectivity index (χ2v) is 10.1. The maximum Gasteiger partial charge on any atom is 0.335 e. The summed E-state index contributed by atoms with van der Waals surface area (Å²) >= 11 is 3.39. The zero-order chi connectivity index (χ0) is 28.7. The number of hydrogen-bond acceptors (Lipinski definition) is 6. The van der Waals surface area contributed by atoms with Gasteiger partial charge < -0.3 is 30.1 Å². The number of carbonyl (C=O) groups is 4. The number of esters is 1. The molecule has 1 fully saturated rings. The van der Waals surface area contributed by atoms with Crippen molar-refractivity contribution in [2.45, 2.75) is 31.9 Å². The van der Waals surface area contributed by atoms with Gasteiger partial charge in [-0.05, 0) is 76.4 Å². The van der Waals surface area contributed by atoms with Gasteiger partial charge in [0.2, 0.25) is 11.6 Å². The van der Waals surface area contributed by atoms with Gasteiger partial charge in [-0.25, -0.2) is 9.59 Å². The number of aromatic carboxylic acids is 1. The van der Waals surface area contributed by atoms with Gasteiger partial charge in [0.25, 0.3) is 0 Å². The molecule has 0 saturated carbocycles. The van der Waals surface area contributed by atoms with Crippen LogP contribution in [0.3, 0.4) is 0 Å². The predicted molar refractivity (Wildman–Crippen MR) is 151 cm³/mol. The van der Waals surface area contributed by atoms with E-state index in [1.807, 2.05) is 18.2 Å². The fourth-order valence-corrected chi connectivity index (χ4v) is 4.85. The van der Waals surface area contributed by atoms with Crippen molar-refractivity contribution in [2.75, 3.05) is 23.8 Å². The van der Waals surface area contributed by atoms with Gasteiger partial charge in [-0.2, -0.15) is 0 Å². The summed E-state index contributed by atoms with van der Waals surface area (Å²) in [4.78, 5) is 50.4. The highest BCUT2D eigenvalue weighted by Crippen LogP contribution is 2.33. The number of nitrogens with one attached hydrogen (secondary N) is 2. The second-order valence-electron chi connectivity index (χ2n) is 9.24. The quantitative estimate of drug-likeness (QED) is 0.280. The van der Waals surface area contributed by atoms with Gasteiger partial charge in [-0.1, -0.05) is 24.3 Å². The molecule has 0 unspecified atom stereocenters. The molecule has 3 aromatic carbocycles. The average molecular weight is 610 g/mol. The minimum absolute atomic E-state index is 0.0553. The molecule has 0 spiro atoms. The molecule has 4 rings (SSSR count). The van der Waals surface area contributed by atoms with Crippen LogP contribution >= 0.6 is 15.9 Å². The van der Waals surface area contributed by atoms with Gasteiger partial charge in [-0.3, -0.25) is 9.59 Å². The summed E-state index contributed by atoms with van der Waals surface area (Å²) in [5.41, 5.74) is 0.741. The van der Waals surface area contributed by atoms with E-state index in [-0.39, 0.29) is 24.5 Å². The van der Waals surface area contributed by atoms with Crippen molar-refractivity contribution in [3.63, 3.8) is 0 Å². The van der Waals surface area contributed by atoms with Crippen LogP contribution in [0.15, 0.2) is 77.3 Å². The van der Waals surface area contributed by atoms with Crippen LogP contribution in [0.5, 0.6) is 5.75 Å². The van der Waals surface area contributed by atoms with E-state index in [1.54, 1.807) is 30.3 Å². The molecule has 40 heavy (non-hydrogen) atoms. The number of para-hydroxylation sites is 1. The molecule has 0 radical (unpaired) electrons. The Morgan fingerprint density at radius 2 is 1.68 bits per heavy atom. The summed E-state index contributed by atoms with van der Waals surface area (Å²) in [5, 5.41) is 14.6. The van der Waals surface area contributed by atoms with Gasteiger partial charge in [-0.15, -0.1) is 0 Å². The van der Waals surface area contributed by atoms with Crippen LogP contribution in [-0.4, -0.2) is 52.8 Å². The molecule has 10 nitrogen and oxygen atoms in total. The Morgan fingerprint density at radius 1 is 0.975 bits per heavy atom. The first-order valence-corrected chi connectivity index (χ1v) is 13.3. The highest BCUT2D eigenvalue weighted by atomic mass is 79.9. The highest BCUT2D eigenvalue weighted by Gasteiger charge is 2.47. The summed E-state index contributed by atoms with van der Waals surface area (Å²) in [6.45, 7) is 1.57. The van der Waals surface area contributed by atoms with Crippen LogP contribution in [0.1, 0.15) is 35.7 Å². The van der Waals surface area contributed by atoms with Crippen molar-refractivity contribution in [2.24, 2.45) is 0 Å². The van der Waals surface area contributed by atoms with Crippen molar-refractivity contribution in [3.05, 3.63) is 88.4 Å². The van der Waals surface area contributed by atoms with E-state index < -0.39 is 23.7 Å². The van der Waals surface area contributed by atoms with E-state index in [0.717, 1.165) is 10.0 Å². The molecule has 1 aliphatic rings. The van der Waals surface area contributed by atoms with Crippen molar-refractivity contribution in [3.8, 4) is 5.75 Å². The Bertz CT molecular complexity index is 1400. The van der Waals surface area contributed by atoms with E-state index in [1.165, 1.54) is 36.1 Å². The molecule has 0 bridgehead atoms. The molecule has 3 amide bonds. The minimum Gasteiger partial charge on any atom is -0.487 e. The number of benzene rings is 3. The lowest BCUT2D eigenvalue weighted by Crippen LogP contribution is -2.54. The standard InChI is InChI=1S/C29H28BrN3O7/c1-19(34)40-29(18-39-23-13-9-21(10-14-23)27(36)37)15-4-16-33(29)26(35)17-20-7-11-22(12-8-20)31-28(38)32-25-6-3-2-5-24(25)30/h2-3,5-14H,4,15-18H2,1H3,(H,36,37)(H2,31,32,38)/t29-/m0/s1. The van der Waals surface area contributed by atoms with Crippen LogP contribution in [0.2, 0.25) is 0 Å². The Hall–Kier alpha value is -4.38. The van der Waals surface area contributed by atoms with E-state index in [9.17, 15) is 19.2 Å². The molecular formula is C29H28BrN3O7. The zero-order valence-corrected chi connectivity index (χ0v) is 23.3. The molecule has 11 heteroatoms. The fourth-order valence-electron chi connectivity index (χ4n) is 4.47. The van der Waals surface area contributed by atoms with Crippen LogP contribution in [0.4, 0.5) is 16.2 Å². The number of carbonyl (C=O) groups excluding carboxylic acids is 3. The predicted octanol–water partition coefficient (Wildman–Crippen LogP) is 5.29. The monoisotopic (exact) mass is 609 g/mol. The maximum atomic E-state index is 13.4. The first-order chi connectivity index (χ1) is 19.1. The maximum absolute atomic E-state index is 13.4. The van der Waals surface area contributed by atoms with E-state index in [0.29, 0.717) is 36.5 Å². The normalized spacial score (nSPS) is 16.2. The summed E-state index contributed by atoms with van der Waals surface area (Å²) in [7, 11) is 0. The molecule has 0 aliphatic carbocycles. The SMILES string of the molecule is CC(=O)O[C@]1(COc2ccc(C(=O)O)cc2)CCCN1C(=O)Cc1ccc(NC(=O)Nc2ccccc2Br)cc1. The third kappa shape index (κ3) is 7.17. The van der Waals surface area contributed by atoms with Crippen LogP contribution in [0.25, 0.3) is 0 Å². The van der Waals surface area contributed by atoms with E-state index in [2.05, 4.69) is 26.6 Å². The van der Waals surface area contributed by atoms with E-state index >= 15 is 0 Å². The number of ether oxygens (including phenoxy) is 2. The van der Waals surface area contributed by atoms with Crippen molar-refractivity contribution in [1.82, 2.24) is 4.90 Å². The summed E-state index contributed by atoms with van der Waals surface area (Å²) in [6, 6.07) is 19.6. The lowest BCUT2D eigenvalue weighted by molar-refractivity contribution is -0.187. The lowest BCUT2D eigenvalue weighted by atomic mass is 10.1. The Kier molecular flexibility index (Phi) is 9.05. The smallest absolute Gasteiger partial charge is 0.335 e. The molecule has 1 heterocycles. The number of carboxylic acid groups (broad SMARTS) is 1. The van der Waals surface area contributed by atoms with Crippen molar-refractivity contribution in [1.29, 1.82) is 0 Å². The van der Waals surface area contributed by atoms with Gasteiger partial charge in [0.05, 0.1) is 17.7 Å². The Labute approximate surface area is 239 Å². The number of nitrogens with zero attached hydrogens (tertiary/aromatic N) is 1. The summed E-state index contributed by atoms with van der Waals surface area (Å²) < 4.78 is 12.3. The van der Waals surface area contributed by atoms with Gasteiger partial charge in [0.1, 0.15) is 12.4 Å². The van der Waals surface area contributed by atoms with Crippen LogP contribution < -0.4 is 15.4 Å². The molecule has 3 N–H and O–H groups in total. The first kappa shape index (κ1) is 28.6. The van der Waals surface area contributed by atoms with Gasteiger partial charge >= 0.3 is 18.0 Å². The number of carboxylic acids is 1. The number of rotatable bonds is 9. The number of likely N-dealkylation sites (tertiary alicyclic amines) is 1. The second kappa shape index (κ2) is 12.6. The Morgan fingerprint density at radius 3 is 2.33 bits per heavy atom. The Balaban J connectivity index is 1.39. The number of anilines is 2. The number of amides is 3. The fraction of sp³-hybridized carbons (Fsp3) is 0.241. The number of halogens is 1. The molecule has 1 saturated heterocycles. The topological polar surface area (TPSA) is 134 Å². The van der Waals surface area contributed by atoms with Gasteiger partial charge in [0, 0.05) is 30.0 Å². The third-order valence-electron chi connectivity index (χ3n) is 6.33. The van der Waals surface area contributed by atoms with Crippen molar-refractivity contribution < 1.29 is 33.8 Å². The van der Waals surface area contributed by atoms with Gasteiger partial charge in [0.15, 0.2) is 0 Å². The summed E-state index contributed by atoms with van der Waals surface area (Å²) in [5.74, 6) is -1.44. The average Bonchev–Trinajstić information content (AvgIpc) is 3.33. The molecule has 3 aromatic rings. The number of urea groups is 1. The third-order valence-corrected chi connectivity index (χ3v) is 7.02. The highest BCUT2D eigenvalue weighted by molar-refractivity contribution is 9.10. The van der Waals surface area contributed by atoms with E-state index in [4.69, 9.17) is 14.6 Å². The largest absolute Gasteiger partial charge is 0.487 e. The molecule has 208 valence electrons. The molecule has 1 aliphatic heterocycles. The summed E-state index contributed by atoms with van der Waals surface area (Å²) in [6.07, 6.45) is 1.08. The molecule has 1 atom stereocenters. The van der Waals surface area contributed by atoms with Crippen LogP contribution in [0, 0.1) is 0 Å². The zero-order valence-electron chi connectivity index (χ0n) is 21.7. The molecular weight excluding hydrogens is 582 g/mol.